The van der Waals surface area contributed by atoms with Crippen LogP contribution >= 0.6 is 12.6 Å². The molecule has 188 valence electrons. The van der Waals surface area contributed by atoms with Gasteiger partial charge in [-0.25, -0.2) is 4.79 Å². The molecule has 1 aromatic carbocycles. The van der Waals surface area contributed by atoms with Crippen molar-refractivity contribution in [2.75, 3.05) is 5.75 Å². The van der Waals surface area contributed by atoms with Crippen LogP contribution in [0.3, 0.4) is 0 Å². The number of carbonyl (C=O) groups is 5. The fraction of sp³-hybridized carbons (Fsp3) is 0.500. The van der Waals surface area contributed by atoms with Gasteiger partial charge in [-0.1, -0.05) is 44.2 Å². The van der Waals surface area contributed by atoms with E-state index in [0.717, 1.165) is 5.56 Å². The third-order valence-electron chi connectivity index (χ3n) is 4.96. The maximum absolute atomic E-state index is 12.9. The molecule has 0 spiro atoms. The fourth-order valence-electron chi connectivity index (χ4n) is 3.01. The molecule has 0 fully saturated rings. The Morgan fingerprint density at radius 2 is 1.50 bits per heavy atom. The first-order chi connectivity index (χ1) is 16.0. The lowest BCUT2D eigenvalue weighted by Gasteiger charge is -2.26. The van der Waals surface area contributed by atoms with Crippen LogP contribution in [0.5, 0.6) is 0 Å². The van der Waals surface area contributed by atoms with Crippen molar-refractivity contribution in [2.24, 2.45) is 11.7 Å². The maximum Gasteiger partial charge on any atom is 0.327 e. The van der Waals surface area contributed by atoms with Crippen LogP contribution in [-0.2, 0) is 30.4 Å². The molecule has 0 saturated carbocycles. The Balaban J connectivity index is 2.93. The van der Waals surface area contributed by atoms with Crippen molar-refractivity contribution in [3.63, 3.8) is 0 Å². The van der Waals surface area contributed by atoms with Gasteiger partial charge in [0.1, 0.15) is 18.1 Å². The molecule has 0 aliphatic rings. The SMILES string of the molecule is CC(C)C(NC(=O)C(CCC(=O)O)NC(=O)C(N)Cc1ccccc1)C(=O)NC(CS)C(=O)O. The second kappa shape index (κ2) is 14.2. The summed E-state index contributed by atoms with van der Waals surface area (Å²) in [6.45, 7) is 3.28. The maximum atomic E-state index is 12.9. The number of carboxylic acids is 2. The first-order valence-corrected chi connectivity index (χ1v) is 11.4. The lowest BCUT2D eigenvalue weighted by molar-refractivity contribution is -0.142. The third-order valence-corrected chi connectivity index (χ3v) is 5.32. The number of nitrogens with two attached hydrogens (primary N) is 1. The van der Waals surface area contributed by atoms with Crippen LogP contribution in [0.15, 0.2) is 30.3 Å². The molecule has 3 amide bonds. The summed E-state index contributed by atoms with van der Waals surface area (Å²) >= 11 is 3.89. The van der Waals surface area contributed by atoms with Crippen LogP contribution in [-0.4, -0.2) is 69.8 Å². The average Bonchev–Trinajstić information content (AvgIpc) is 2.77. The van der Waals surface area contributed by atoms with Gasteiger partial charge < -0.3 is 31.9 Å². The Hall–Kier alpha value is -3.12. The van der Waals surface area contributed by atoms with E-state index in [0.29, 0.717) is 0 Å². The smallest absolute Gasteiger partial charge is 0.327 e. The number of benzene rings is 1. The van der Waals surface area contributed by atoms with Crippen LogP contribution in [0.25, 0.3) is 0 Å². The van der Waals surface area contributed by atoms with Crippen molar-refractivity contribution in [3.05, 3.63) is 35.9 Å². The van der Waals surface area contributed by atoms with E-state index >= 15 is 0 Å². The summed E-state index contributed by atoms with van der Waals surface area (Å²) in [5, 5.41) is 25.4. The second-order valence-corrected chi connectivity index (χ2v) is 8.47. The molecule has 34 heavy (non-hydrogen) atoms. The highest BCUT2D eigenvalue weighted by Crippen LogP contribution is 2.07. The number of amides is 3. The molecule has 11 nitrogen and oxygen atoms in total. The Morgan fingerprint density at radius 3 is 2.00 bits per heavy atom. The molecule has 0 aliphatic carbocycles. The van der Waals surface area contributed by atoms with Crippen molar-refractivity contribution in [2.45, 2.75) is 57.3 Å². The van der Waals surface area contributed by atoms with E-state index in [9.17, 15) is 24.0 Å². The van der Waals surface area contributed by atoms with Crippen molar-refractivity contribution in [3.8, 4) is 0 Å². The predicted molar refractivity (Wildman–Crippen MR) is 127 cm³/mol. The fourth-order valence-corrected chi connectivity index (χ4v) is 3.26. The minimum Gasteiger partial charge on any atom is -0.481 e. The van der Waals surface area contributed by atoms with E-state index in [-0.39, 0.29) is 18.6 Å². The quantitative estimate of drug-likeness (QED) is 0.169. The number of carbonyl (C=O) groups excluding carboxylic acids is 3. The monoisotopic (exact) mass is 496 g/mol. The van der Waals surface area contributed by atoms with Gasteiger partial charge in [-0.15, -0.1) is 0 Å². The molecule has 7 N–H and O–H groups in total. The highest BCUT2D eigenvalue weighted by molar-refractivity contribution is 7.80. The number of rotatable bonds is 14. The first-order valence-electron chi connectivity index (χ1n) is 10.7. The zero-order valence-corrected chi connectivity index (χ0v) is 20.0. The van der Waals surface area contributed by atoms with Gasteiger partial charge in [-0.3, -0.25) is 19.2 Å². The molecule has 0 aromatic heterocycles. The Bertz CT molecular complexity index is 866. The van der Waals surface area contributed by atoms with E-state index in [1.165, 1.54) is 0 Å². The van der Waals surface area contributed by atoms with E-state index < -0.39 is 66.2 Å². The number of carboxylic acid groups (broad SMARTS) is 2. The lowest BCUT2D eigenvalue weighted by Crippen LogP contribution is -2.58. The summed E-state index contributed by atoms with van der Waals surface area (Å²) in [7, 11) is 0. The average molecular weight is 497 g/mol. The Morgan fingerprint density at radius 1 is 0.912 bits per heavy atom. The number of nitrogens with one attached hydrogen (secondary N) is 3. The summed E-state index contributed by atoms with van der Waals surface area (Å²) in [5.74, 6) is -5.22. The number of hydrogen-bond donors (Lipinski definition) is 7. The number of hydrogen-bond acceptors (Lipinski definition) is 7. The minimum atomic E-state index is -1.28. The normalized spacial score (nSPS) is 14.4. The van der Waals surface area contributed by atoms with Crippen molar-refractivity contribution >= 4 is 42.3 Å². The summed E-state index contributed by atoms with van der Waals surface area (Å²) in [4.78, 5) is 60.3. The van der Waals surface area contributed by atoms with Crippen molar-refractivity contribution in [1.82, 2.24) is 16.0 Å². The molecule has 0 saturated heterocycles. The van der Waals surface area contributed by atoms with Gasteiger partial charge in [-0.05, 0) is 24.3 Å². The van der Waals surface area contributed by atoms with Crippen LogP contribution in [0, 0.1) is 5.92 Å². The van der Waals surface area contributed by atoms with Gasteiger partial charge in [0.15, 0.2) is 0 Å². The Kier molecular flexibility index (Phi) is 12.1. The summed E-state index contributed by atoms with van der Waals surface area (Å²) in [5.41, 5.74) is 6.77. The summed E-state index contributed by atoms with van der Waals surface area (Å²) in [6.07, 6.45) is -0.436. The molecule has 4 atom stereocenters. The molecule has 12 heteroatoms. The van der Waals surface area contributed by atoms with Gasteiger partial charge in [0.25, 0.3) is 0 Å². The van der Waals surface area contributed by atoms with Crippen LogP contribution in [0.1, 0.15) is 32.3 Å². The molecule has 0 radical (unpaired) electrons. The zero-order valence-electron chi connectivity index (χ0n) is 19.1. The molecule has 0 bridgehead atoms. The van der Waals surface area contributed by atoms with E-state index in [1.54, 1.807) is 38.1 Å². The highest BCUT2D eigenvalue weighted by Gasteiger charge is 2.31. The van der Waals surface area contributed by atoms with Crippen LogP contribution in [0.4, 0.5) is 0 Å². The molecule has 1 rings (SSSR count). The molecule has 0 aliphatic heterocycles. The van der Waals surface area contributed by atoms with Gasteiger partial charge in [-0.2, -0.15) is 12.6 Å². The van der Waals surface area contributed by atoms with Crippen LogP contribution in [0.2, 0.25) is 0 Å². The minimum absolute atomic E-state index is 0.156. The lowest BCUT2D eigenvalue weighted by atomic mass is 10.0. The van der Waals surface area contributed by atoms with Gasteiger partial charge >= 0.3 is 11.9 Å². The first kappa shape index (κ1) is 28.9. The van der Waals surface area contributed by atoms with Crippen LogP contribution < -0.4 is 21.7 Å². The summed E-state index contributed by atoms with van der Waals surface area (Å²) < 4.78 is 0. The molecule has 1 aromatic rings. The van der Waals surface area contributed by atoms with Crippen molar-refractivity contribution in [1.29, 1.82) is 0 Å². The zero-order chi connectivity index (χ0) is 25.8. The largest absolute Gasteiger partial charge is 0.481 e. The van der Waals surface area contributed by atoms with Gasteiger partial charge in [0.2, 0.25) is 17.7 Å². The topological polar surface area (TPSA) is 188 Å². The standard InChI is InChI=1S/C22H32N4O7S/c1-12(2)18(21(31)25-16(11-34)22(32)33)26-20(30)15(8-9-17(27)28)24-19(29)14(23)10-13-6-4-3-5-7-13/h3-7,12,14-16,18,34H,8-11,23H2,1-2H3,(H,24,29)(H,25,31)(H,26,30)(H,27,28)(H,32,33). The molecular formula is C22H32N4O7S. The molecule has 4 unspecified atom stereocenters. The van der Waals surface area contributed by atoms with E-state index in [4.69, 9.17) is 15.9 Å². The van der Waals surface area contributed by atoms with Crippen molar-refractivity contribution < 1.29 is 34.2 Å². The van der Waals surface area contributed by atoms with Gasteiger partial charge in [0.05, 0.1) is 6.04 Å². The van der Waals surface area contributed by atoms with E-state index in [2.05, 4.69) is 28.6 Å². The predicted octanol–water partition coefficient (Wildman–Crippen LogP) is -0.454. The summed E-state index contributed by atoms with van der Waals surface area (Å²) in [6, 6.07) is 4.36. The Labute approximate surface area is 203 Å². The van der Waals surface area contributed by atoms with E-state index in [1.807, 2.05) is 6.07 Å². The number of thiol groups is 1. The van der Waals surface area contributed by atoms with Gasteiger partial charge in [0, 0.05) is 12.2 Å². The molecular weight excluding hydrogens is 464 g/mol. The second-order valence-electron chi connectivity index (χ2n) is 8.10. The molecule has 0 heterocycles. The number of aliphatic carboxylic acids is 2. The third kappa shape index (κ3) is 9.79. The highest BCUT2D eigenvalue weighted by atomic mass is 32.1.